The van der Waals surface area contributed by atoms with Gasteiger partial charge in [-0.05, 0) is 37.8 Å². The molecule has 116 valence electrons. The summed E-state index contributed by atoms with van der Waals surface area (Å²) in [4.78, 5) is 0. The van der Waals surface area contributed by atoms with Gasteiger partial charge in [-0.1, -0.05) is 50.0 Å². The molecule has 0 spiro atoms. The molecule has 21 heavy (non-hydrogen) atoms. The fourth-order valence-corrected chi connectivity index (χ4v) is 3.03. The standard InChI is InChI=1S/C18H25F2N/c1-2-11-21-13-16(14-7-4-3-5-8-14)12-15-9-6-10-17(19)18(15)20/h6,9-10,12,14,21H,2-5,7-8,11,13H2,1H3/b16-12-. The van der Waals surface area contributed by atoms with Gasteiger partial charge in [0.2, 0.25) is 0 Å². The summed E-state index contributed by atoms with van der Waals surface area (Å²) in [5.41, 5.74) is 1.58. The van der Waals surface area contributed by atoms with E-state index in [9.17, 15) is 8.78 Å². The Morgan fingerprint density at radius 1 is 1.24 bits per heavy atom. The Morgan fingerprint density at radius 3 is 2.71 bits per heavy atom. The molecule has 1 N–H and O–H groups in total. The van der Waals surface area contributed by atoms with Gasteiger partial charge in [-0.3, -0.25) is 0 Å². The third-order valence-corrected chi connectivity index (χ3v) is 4.21. The molecule has 2 rings (SSSR count). The fourth-order valence-electron chi connectivity index (χ4n) is 3.03. The maximum Gasteiger partial charge on any atom is 0.166 e. The van der Waals surface area contributed by atoms with E-state index in [0.717, 1.165) is 32.4 Å². The smallest absolute Gasteiger partial charge is 0.166 e. The van der Waals surface area contributed by atoms with Crippen molar-refractivity contribution in [2.45, 2.75) is 45.4 Å². The highest BCUT2D eigenvalue weighted by molar-refractivity contribution is 5.54. The van der Waals surface area contributed by atoms with Gasteiger partial charge in [0.1, 0.15) is 0 Å². The van der Waals surface area contributed by atoms with Crippen molar-refractivity contribution in [2.75, 3.05) is 13.1 Å². The normalized spacial score (nSPS) is 17.2. The number of nitrogens with one attached hydrogen (secondary N) is 1. The monoisotopic (exact) mass is 293 g/mol. The van der Waals surface area contributed by atoms with Crippen molar-refractivity contribution >= 4 is 6.08 Å². The molecular formula is C18H25F2N. The summed E-state index contributed by atoms with van der Waals surface area (Å²) < 4.78 is 27.2. The molecule has 0 amide bonds. The highest BCUT2D eigenvalue weighted by Crippen LogP contribution is 2.31. The zero-order valence-corrected chi connectivity index (χ0v) is 12.8. The first kappa shape index (κ1) is 16.2. The molecule has 0 bridgehead atoms. The molecule has 0 unspecified atom stereocenters. The lowest BCUT2D eigenvalue weighted by Crippen LogP contribution is -2.23. The fraction of sp³-hybridized carbons (Fsp3) is 0.556. The Morgan fingerprint density at radius 2 is 2.00 bits per heavy atom. The molecule has 1 nitrogen and oxygen atoms in total. The zero-order chi connectivity index (χ0) is 15.1. The highest BCUT2D eigenvalue weighted by Gasteiger charge is 2.18. The minimum absolute atomic E-state index is 0.369. The van der Waals surface area contributed by atoms with Crippen molar-refractivity contribution in [3.63, 3.8) is 0 Å². The first-order chi connectivity index (χ1) is 10.2. The zero-order valence-electron chi connectivity index (χ0n) is 12.8. The topological polar surface area (TPSA) is 12.0 Å². The summed E-state index contributed by atoms with van der Waals surface area (Å²) in [6.07, 6.45) is 9.03. The van der Waals surface area contributed by atoms with Crippen molar-refractivity contribution in [3.8, 4) is 0 Å². The van der Waals surface area contributed by atoms with Crippen LogP contribution in [0.1, 0.15) is 51.0 Å². The Balaban J connectivity index is 2.19. The second kappa shape index (κ2) is 8.28. The van der Waals surface area contributed by atoms with Crippen LogP contribution in [0.15, 0.2) is 23.8 Å². The summed E-state index contributed by atoms with van der Waals surface area (Å²) in [6, 6.07) is 4.39. The van der Waals surface area contributed by atoms with E-state index in [2.05, 4.69) is 12.2 Å². The van der Waals surface area contributed by atoms with Crippen LogP contribution in [0, 0.1) is 17.6 Å². The largest absolute Gasteiger partial charge is 0.313 e. The van der Waals surface area contributed by atoms with Crippen LogP contribution in [0.25, 0.3) is 6.08 Å². The maximum atomic E-state index is 13.9. The Labute approximate surface area is 126 Å². The van der Waals surface area contributed by atoms with Crippen LogP contribution in [0.5, 0.6) is 0 Å². The lowest BCUT2D eigenvalue weighted by Gasteiger charge is -2.25. The quantitative estimate of drug-likeness (QED) is 0.733. The molecule has 1 aliphatic rings. The second-order valence-electron chi connectivity index (χ2n) is 5.87. The minimum Gasteiger partial charge on any atom is -0.313 e. The number of hydrogen-bond donors (Lipinski definition) is 1. The van der Waals surface area contributed by atoms with Crippen molar-refractivity contribution in [3.05, 3.63) is 41.0 Å². The molecule has 0 aliphatic heterocycles. The molecule has 0 aromatic heterocycles. The van der Waals surface area contributed by atoms with Crippen LogP contribution in [0.2, 0.25) is 0 Å². The van der Waals surface area contributed by atoms with Crippen molar-refractivity contribution < 1.29 is 8.78 Å². The summed E-state index contributed by atoms with van der Waals surface area (Å²) >= 11 is 0. The summed E-state index contributed by atoms with van der Waals surface area (Å²) in [7, 11) is 0. The second-order valence-corrected chi connectivity index (χ2v) is 5.87. The van der Waals surface area contributed by atoms with Gasteiger partial charge in [0.05, 0.1) is 0 Å². The first-order valence-corrected chi connectivity index (χ1v) is 8.07. The lowest BCUT2D eigenvalue weighted by atomic mass is 9.83. The molecule has 3 heteroatoms. The van der Waals surface area contributed by atoms with Gasteiger partial charge in [0.25, 0.3) is 0 Å². The van der Waals surface area contributed by atoms with Crippen molar-refractivity contribution in [1.29, 1.82) is 0 Å². The van der Waals surface area contributed by atoms with Crippen LogP contribution in [0.4, 0.5) is 8.78 Å². The van der Waals surface area contributed by atoms with Crippen LogP contribution >= 0.6 is 0 Å². The van der Waals surface area contributed by atoms with Crippen LogP contribution < -0.4 is 5.32 Å². The van der Waals surface area contributed by atoms with Gasteiger partial charge in [-0.25, -0.2) is 8.78 Å². The number of hydrogen-bond acceptors (Lipinski definition) is 1. The van der Waals surface area contributed by atoms with Crippen molar-refractivity contribution in [2.24, 2.45) is 5.92 Å². The third-order valence-electron chi connectivity index (χ3n) is 4.21. The molecule has 1 aromatic carbocycles. The van der Waals surface area contributed by atoms with Gasteiger partial charge >= 0.3 is 0 Å². The molecule has 1 saturated carbocycles. The average molecular weight is 293 g/mol. The Kier molecular flexibility index (Phi) is 6.37. The van der Waals surface area contributed by atoms with E-state index in [1.807, 2.05) is 6.08 Å². The molecule has 0 atom stereocenters. The van der Waals surface area contributed by atoms with Crippen LogP contribution in [-0.4, -0.2) is 13.1 Å². The van der Waals surface area contributed by atoms with E-state index >= 15 is 0 Å². The average Bonchev–Trinajstić information content (AvgIpc) is 2.51. The number of rotatable bonds is 6. The SMILES string of the molecule is CCCNC/C(=C/c1cccc(F)c1F)C1CCCCC1. The Hall–Kier alpha value is -1.22. The summed E-state index contributed by atoms with van der Waals surface area (Å²) in [5, 5.41) is 3.40. The number of benzene rings is 1. The highest BCUT2D eigenvalue weighted by atomic mass is 19.2. The van der Waals surface area contributed by atoms with E-state index in [0.29, 0.717) is 11.5 Å². The minimum atomic E-state index is -0.770. The molecule has 1 aliphatic carbocycles. The molecule has 0 saturated heterocycles. The van der Waals surface area contributed by atoms with Gasteiger partial charge < -0.3 is 5.32 Å². The Bertz CT molecular complexity index is 476. The van der Waals surface area contributed by atoms with Gasteiger partial charge in [0, 0.05) is 12.1 Å². The maximum absolute atomic E-state index is 13.9. The predicted octanol–water partition coefficient (Wildman–Crippen LogP) is 4.93. The van der Waals surface area contributed by atoms with Gasteiger partial charge in [-0.15, -0.1) is 0 Å². The first-order valence-electron chi connectivity index (χ1n) is 8.07. The van der Waals surface area contributed by atoms with E-state index in [-0.39, 0.29) is 0 Å². The van der Waals surface area contributed by atoms with E-state index in [4.69, 9.17) is 0 Å². The van der Waals surface area contributed by atoms with Crippen molar-refractivity contribution in [1.82, 2.24) is 5.32 Å². The van der Waals surface area contributed by atoms with Crippen LogP contribution in [-0.2, 0) is 0 Å². The molecule has 1 aromatic rings. The predicted molar refractivity (Wildman–Crippen MR) is 84.1 cm³/mol. The van der Waals surface area contributed by atoms with Crippen LogP contribution in [0.3, 0.4) is 0 Å². The summed E-state index contributed by atoms with van der Waals surface area (Å²) in [6.45, 7) is 3.85. The van der Waals surface area contributed by atoms with Gasteiger partial charge in [0.15, 0.2) is 11.6 Å². The molecular weight excluding hydrogens is 268 g/mol. The summed E-state index contributed by atoms with van der Waals surface area (Å²) in [5.74, 6) is -1.000. The van der Waals surface area contributed by atoms with E-state index < -0.39 is 11.6 Å². The molecule has 1 fully saturated rings. The van der Waals surface area contributed by atoms with E-state index in [1.54, 1.807) is 12.1 Å². The molecule has 0 heterocycles. The third kappa shape index (κ3) is 4.63. The van der Waals surface area contributed by atoms with Gasteiger partial charge in [-0.2, -0.15) is 0 Å². The number of halogens is 2. The lowest BCUT2D eigenvalue weighted by molar-refractivity contribution is 0.396. The van der Waals surface area contributed by atoms with E-state index in [1.165, 1.54) is 30.9 Å². The molecule has 0 radical (unpaired) electrons.